The van der Waals surface area contributed by atoms with Crippen LogP contribution < -0.4 is 5.73 Å². The number of benzene rings is 2. The topological polar surface area (TPSA) is 63.4 Å². The molecule has 1 aliphatic heterocycles. The second-order valence-corrected chi connectivity index (χ2v) is 7.59. The van der Waals surface area contributed by atoms with Crippen molar-refractivity contribution in [2.24, 2.45) is 5.73 Å². The molecule has 0 fully saturated rings. The van der Waals surface area contributed by atoms with Gasteiger partial charge in [-0.15, -0.1) is 0 Å². The van der Waals surface area contributed by atoms with Gasteiger partial charge in [-0.2, -0.15) is 0 Å². The third-order valence-electron chi connectivity index (χ3n) is 3.83. The first-order valence-corrected chi connectivity index (χ1v) is 9.01. The minimum atomic E-state index is -3.99. The molecule has 0 saturated heterocycles. The van der Waals surface area contributed by atoms with Crippen molar-refractivity contribution < 1.29 is 17.2 Å². The van der Waals surface area contributed by atoms with Crippen molar-refractivity contribution in [3.8, 4) is 0 Å². The molecule has 0 aliphatic carbocycles. The first-order chi connectivity index (χ1) is 11.9. The smallest absolute Gasteiger partial charge is 0.206 e. The van der Waals surface area contributed by atoms with Gasteiger partial charge < -0.3 is 10.6 Å². The summed E-state index contributed by atoms with van der Waals surface area (Å²) in [6, 6.07) is 8.38. The van der Waals surface area contributed by atoms with Gasteiger partial charge in [-0.3, -0.25) is 0 Å². The number of halogens is 2. The fourth-order valence-electron chi connectivity index (χ4n) is 2.51. The number of nitrogens with two attached hydrogens (primary N) is 1. The maximum Gasteiger partial charge on any atom is 0.206 e. The van der Waals surface area contributed by atoms with Gasteiger partial charge in [0, 0.05) is 18.8 Å². The van der Waals surface area contributed by atoms with Crippen LogP contribution in [0.4, 0.5) is 8.78 Å². The Hall–Kier alpha value is -2.51. The molecule has 0 spiro atoms. The summed E-state index contributed by atoms with van der Waals surface area (Å²) in [5.41, 5.74) is 6.81. The second kappa shape index (κ2) is 6.78. The number of allylic oxidation sites excluding steroid dienone is 2. The molecule has 7 heteroatoms. The lowest BCUT2D eigenvalue weighted by Gasteiger charge is -2.27. The summed E-state index contributed by atoms with van der Waals surface area (Å²) in [5, 5.41) is 0. The fraction of sp³-hybridized carbons (Fsp3) is 0.111. The minimum absolute atomic E-state index is 0.0281. The largest absolute Gasteiger partial charge is 0.355 e. The maximum atomic E-state index is 13.3. The molecule has 0 bridgehead atoms. The molecule has 0 saturated carbocycles. The average Bonchev–Trinajstić information content (AvgIpc) is 2.56. The van der Waals surface area contributed by atoms with E-state index in [0.717, 1.165) is 17.7 Å². The summed E-state index contributed by atoms with van der Waals surface area (Å²) < 4.78 is 51.6. The second-order valence-electron chi connectivity index (χ2n) is 5.64. The van der Waals surface area contributed by atoms with E-state index >= 15 is 0 Å². The lowest BCUT2D eigenvalue weighted by molar-refractivity contribution is 0.314. The highest BCUT2D eigenvalue weighted by molar-refractivity contribution is 7.91. The van der Waals surface area contributed by atoms with E-state index in [9.17, 15) is 17.2 Å². The molecule has 2 aromatic rings. The molecule has 1 atom stereocenters. The highest BCUT2D eigenvalue weighted by Gasteiger charge is 2.20. The summed E-state index contributed by atoms with van der Waals surface area (Å²) in [7, 11) is -3.99. The van der Waals surface area contributed by atoms with E-state index in [1.54, 1.807) is 12.1 Å². The molecule has 1 unspecified atom stereocenters. The van der Waals surface area contributed by atoms with Crippen LogP contribution in [-0.4, -0.2) is 19.5 Å². The lowest BCUT2D eigenvalue weighted by atomic mass is 10.2. The number of hydrogen-bond donors (Lipinski definition) is 1. The van der Waals surface area contributed by atoms with Crippen molar-refractivity contribution in [3.05, 3.63) is 84.1 Å². The average molecular weight is 362 g/mol. The number of hydrogen-bond acceptors (Lipinski definition) is 4. The monoisotopic (exact) mass is 362 g/mol. The number of nitrogens with zero attached hydrogens (tertiary/aromatic N) is 1. The van der Waals surface area contributed by atoms with Crippen molar-refractivity contribution in [3.63, 3.8) is 0 Å². The van der Waals surface area contributed by atoms with Crippen molar-refractivity contribution >= 4 is 9.84 Å². The van der Waals surface area contributed by atoms with Crippen molar-refractivity contribution in [2.75, 3.05) is 0 Å². The van der Waals surface area contributed by atoms with Crippen LogP contribution in [0.3, 0.4) is 0 Å². The van der Waals surface area contributed by atoms with Crippen LogP contribution in [0.15, 0.2) is 76.7 Å². The third-order valence-corrected chi connectivity index (χ3v) is 5.57. The van der Waals surface area contributed by atoms with Gasteiger partial charge in [-0.05, 0) is 42.0 Å². The van der Waals surface area contributed by atoms with Gasteiger partial charge in [0.2, 0.25) is 9.84 Å². The molecule has 130 valence electrons. The Balaban J connectivity index is 1.84. The van der Waals surface area contributed by atoms with Crippen LogP contribution in [0.25, 0.3) is 0 Å². The Morgan fingerprint density at radius 2 is 1.60 bits per heavy atom. The quantitative estimate of drug-likeness (QED) is 0.908. The summed E-state index contributed by atoms with van der Waals surface area (Å²) in [5.74, 6) is -1.87. The highest BCUT2D eigenvalue weighted by atomic mass is 32.2. The molecule has 25 heavy (non-hydrogen) atoms. The van der Waals surface area contributed by atoms with Crippen LogP contribution in [0.2, 0.25) is 0 Å². The maximum absolute atomic E-state index is 13.3. The van der Waals surface area contributed by atoms with E-state index in [-0.39, 0.29) is 11.1 Å². The number of rotatable bonds is 4. The Kier molecular flexibility index (Phi) is 4.69. The summed E-state index contributed by atoms with van der Waals surface area (Å²) in [4.78, 5) is 1.45. The van der Waals surface area contributed by atoms with Crippen molar-refractivity contribution in [2.45, 2.75) is 22.5 Å². The molecule has 1 aliphatic rings. The molecule has 2 aromatic carbocycles. The molecule has 2 N–H and O–H groups in total. The van der Waals surface area contributed by atoms with Gasteiger partial charge >= 0.3 is 0 Å². The lowest BCUT2D eigenvalue weighted by Crippen LogP contribution is -2.37. The van der Waals surface area contributed by atoms with E-state index in [0.29, 0.717) is 12.6 Å². The molecule has 0 amide bonds. The molecular formula is C18H16F2N2O2S. The summed E-state index contributed by atoms with van der Waals surface area (Å²) in [6.45, 7) is 0.511. The molecule has 1 heterocycles. The van der Waals surface area contributed by atoms with E-state index in [1.807, 2.05) is 29.3 Å². The molecule has 4 nitrogen and oxygen atoms in total. The standard InChI is InChI=1S/C18H16F2N2O2S/c19-14-9-15(20)11-17(10-14)25(23,24)16-6-4-13(5-7-16)12-22-8-2-1-3-18(22)21/h1-11,18H,12,21H2. The van der Waals surface area contributed by atoms with Crippen LogP contribution in [0.5, 0.6) is 0 Å². The van der Waals surface area contributed by atoms with E-state index in [1.165, 1.54) is 12.1 Å². The van der Waals surface area contributed by atoms with Crippen LogP contribution in [0.1, 0.15) is 5.56 Å². The number of sulfone groups is 1. The van der Waals surface area contributed by atoms with E-state index < -0.39 is 26.4 Å². The predicted molar refractivity (Wildman–Crippen MR) is 90.1 cm³/mol. The van der Waals surface area contributed by atoms with Crippen molar-refractivity contribution in [1.82, 2.24) is 4.90 Å². The molecule has 0 radical (unpaired) electrons. The SMILES string of the molecule is NC1C=CC=CN1Cc1ccc(S(=O)(=O)c2cc(F)cc(F)c2)cc1. The first-order valence-electron chi connectivity index (χ1n) is 7.53. The Morgan fingerprint density at radius 3 is 2.20 bits per heavy atom. The normalized spacial score (nSPS) is 17.1. The van der Waals surface area contributed by atoms with Gasteiger partial charge in [-0.25, -0.2) is 17.2 Å². The first kappa shape index (κ1) is 17.3. The van der Waals surface area contributed by atoms with E-state index in [2.05, 4.69) is 0 Å². The van der Waals surface area contributed by atoms with Crippen molar-refractivity contribution in [1.29, 1.82) is 0 Å². The van der Waals surface area contributed by atoms with Crippen LogP contribution >= 0.6 is 0 Å². The molecular weight excluding hydrogens is 346 g/mol. The highest BCUT2D eigenvalue weighted by Crippen LogP contribution is 2.23. The van der Waals surface area contributed by atoms with Gasteiger partial charge in [0.1, 0.15) is 11.6 Å². The fourth-order valence-corrected chi connectivity index (χ4v) is 3.81. The Morgan fingerprint density at radius 1 is 0.960 bits per heavy atom. The van der Waals surface area contributed by atoms with Crippen LogP contribution in [0, 0.1) is 11.6 Å². The van der Waals surface area contributed by atoms with Crippen LogP contribution in [-0.2, 0) is 16.4 Å². The zero-order chi connectivity index (χ0) is 18.0. The molecule has 3 rings (SSSR count). The van der Waals surface area contributed by atoms with Gasteiger partial charge in [0.05, 0.1) is 16.0 Å². The Bertz CT molecular complexity index is 918. The molecule has 0 aromatic heterocycles. The minimum Gasteiger partial charge on any atom is -0.355 e. The van der Waals surface area contributed by atoms with Gasteiger partial charge in [0.25, 0.3) is 0 Å². The predicted octanol–water partition coefficient (Wildman–Crippen LogP) is 2.97. The summed E-state index contributed by atoms with van der Waals surface area (Å²) in [6.07, 6.45) is 7.17. The zero-order valence-corrected chi connectivity index (χ0v) is 14.0. The zero-order valence-electron chi connectivity index (χ0n) is 13.1. The third kappa shape index (κ3) is 3.78. The van der Waals surface area contributed by atoms with Gasteiger partial charge in [-0.1, -0.05) is 18.2 Å². The van der Waals surface area contributed by atoms with E-state index in [4.69, 9.17) is 5.73 Å². The van der Waals surface area contributed by atoms with Gasteiger partial charge in [0.15, 0.2) is 0 Å². The summed E-state index contributed by atoms with van der Waals surface area (Å²) >= 11 is 0. The Labute approximate surface area is 144 Å².